The summed E-state index contributed by atoms with van der Waals surface area (Å²) in [5.41, 5.74) is 1.71. The molecule has 1 amide bonds. The third-order valence-corrected chi connectivity index (χ3v) is 5.40. The molecule has 31 heavy (non-hydrogen) atoms. The summed E-state index contributed by atoms with van der Waals surface area (Å²) in [6, 6.07) is 8.79. The van der Waals surface area contributed by atoms with E-state index < -0.39 is 0 Å². The average molecular weight is 545 g/mol. The molecule has 1 aliphatic heterocycles. The Kier molecular flexibility index (Phi) is 13.0. The smallest absolute Gasteiger partial charge is 0.251 e. The van der Waals surface area contributed by atoms with Crippen molar-refractivity contribution in [2.24, 2.45) is 4.99 Å². The molecule has 8 heteroatoms. The van der Waals surface area contributed by atoms with Crippen LogP contribution in [0, 0.1) is 0 Å². The van der Waals surface area contributed by atoms with Crippen LogP contribution in [0.25, 0.3) is 0 Å². The maximum absolute atomic E-state index is 12.4. The number of benzene rings is 1. The number of nitrogens with one attached hydrogen (secondary N) is 3. The van der Waals surface area contributed by atoms with E-state index in [4.69, 9.17) is 4.99 Å². The molecule has 0 atom stereocenters. The van der Waals surface area contributed by atoms with E-state index in [2.05, 4.69) is 41.6 Å². The molecule has 1 saturated heterocycles. The van der Waals surface area contributed by atoms with Gasteiger partial charge in [0.05, 0.1) is 6.54 Å². The Morgan fingerprint density at radius 2 is 1.94 bits per heavy atom. The Morgan fingerprint density at radius 3 is 2.55 bits per heavy atom. The highest BCUT2D eigenvalue weighted by Gasteiger charge is 2.21. The summed E-state index contributed by atoms with van der Waals surface area (Å²) in [4.78, 5) is 21.7. The minimum atomic E-state index is -0.0374. The topological polar surface area (TPSA) is 72.0 Å². The lowest BCUT2D eigenvalue weighted by atomic mass is 10.0. The molecule has 1 aliphatic rings. The standard InChI is InChI=1S/C23H40N6O.HI/c1-6-24-23(27-21-10-13-29(14-11-21)18(2)3)26-17-19-8-7-9-20(16-19)22(30)25-12-15-28(4)5;/h7-9,16,18,21H,6,10-15,17H2,1-5H3,(H,25,30)(H2,24,26,27);1H. The van der Waals surface area contributed by atoms with Crippen LogP contribution in [0.3, 0.4) is 0 Å². The zero-order chi connectivity index (χ0) is 21.9. The van der Waals surface area contributed by atoms with E-state index in [-0.39, 0.29) is 29.9 Å². The number of nitrogens with zero attached hydrogens (tertiary/aromatic N) is 3. The van der Waals surface area contributed by atoms with Gasteiger partial charge in [-0.25, -0.2) is 4.99 Å². The Morgan fingerprint density at radius 1 is 1.23 bits per heavy atom. The van der Waals surface area contributed by atoms with Crippen LogP contribution < -0.4 is 16.0 Å². The summed E-state index contributed by atoms with van der Waals surface area (Å²) in [6.07, 6.45) is 2.26. The van der Waals surface area contributed by atoms with Crippen molar-refractivity contribution in [1.29, 1.82) is 0 Å². The summed E-state index contributed by atoms with van der Waals surface area (Å²) in [5.74, 6) is 0.811. The van der Waals surface area contributed by atoms with Gasteiger partial charge in [-0.2, -0.15) is 0 Å². The van der Waals surface area contributed by atoms with Gasteiger partial charge in [0.15, 0.2) is 5.96 Å². The van der Waals surface area contributed by atoms with Crippen molar-refractivity contribution >= 4 is 35.8 Å². The van der Waals surface area contributed by atoms with Crippen LogP contribution in [0.5, 0.6) is 0 Å². The van der Waals surface area contributed by atoms with E-state index >= 15 is 0 Å². The lowest BCUT2D eigenvalue weighted by Crippen LogP contribution is -2.49. The third kappa shape index (κ3) is 10.2. The predicted octanol–water partition coefficient (Wildman–Crippen LogP) is 2.52. The molecule has 1 aromatic rings. The first kappa shape index (κ1) is 27.6. The molecular formula is C23H41IN6O. The second-order valence-corrected chi connectivity index (χ2v) is 8.50. The summed E-state index contributed by atoms with van der Waals surface area (Å²) >= 11 is 0. The molecule has 0 spiro atoms. The highest BCUT2D eigenvalue weighted by atomic mass is 127. The number of carbonyl (C=O) groups excluding carboxylic acids is 1. The molecule has 2 rings (SSSR count). The highest BCUT2D eigenvalue weighted by molar-refractivity contribution is 14.0. The van der Waals surface area contributed by atoms with Crippen molar-refractivity contribution < 1.29 is 4.79 Å². The largest absolute Gasteiger partial charge is 0.357 e. The van der Waals surface area contributed by atoms with Gasteiger partial charge in [0, 0.05) is 50.4 Å². The second kappa shape index (κ2) is 14.6. The first-order chi connectivity index (χ1) is 14.4. The molecule has 1 heterocycles. The van der Waals surface area contributed by atoms with Crippen molar-refractivity contribution in [3.05, 3.63) is 35.4 Å². The van der Waals surface area contributed by atoms with E-state index in [0.29, 0.717) is 30.7 Å². The van der Waals surface area contributed by atoms with E-state index in [9.17, 15) is 4.79 Å². The maximum atomic E-state index is 12.4. The fourth-order valence-electron chi connectivity index (χ4n) is 3.55. The fourth-order valence-corrected chi connectivity index (χ4v) is 3.55. The highest BCUT2D eigenvalue weighted by Crippen LogP contribution is 2.13. The molecular weight excluding hydrogens is 503 g/mol. The fraction of sp³-hybridized carbons (Fsp3) is 0.652. The summed E-state index contributed by atoms with van der Waals surface area (Å²) in [6.45, 7) is 11.7. The van der Waals surface area contributed by atoms with Crippen molar-refractivity contribution in [3.8, 4) is 0 Å². The number of hydrogen-bond donors (Lipinski definition) is 3. The normalized spacial score (nSPS) is 15.6. The Bertz CT molecular complexity index is 686. The van der Waals surface area contributed by atoms with Gasteiger partial charge in [-0.05, 0) is 65.4 Å². The number of rotatable bonds is 9. The van der Waals surface area contributed by atoms with Crippen molar-refractivity contribution in [2.45, 2.75) is 52.2 Å². The number of carbonyl (C=O) groups is 1. The van der Waals surface area contributed by atoms with Crippen LogP contribution in [-0.2, 0) is 6.54 Å². The maximum Gasteiger partial charge on any atom is 0.251 e. The first-order valence-corrected chi connectivity index (χ1v) is 11.2. The molecule has 176 valence electrons. The monoisotopic (exact) mass is 544 g/mol. The van der Waals surface area contributed by atoms with Gasteiger partial charge in [0.1, 0.15) is 0 Å². The van der Waals surface area contributed by atoms with Crippen LogP contribution in [0.15, 0.2) is 29.3 Å². The molecule has 0 unspecified atom stereocenters. The summed E-state index contributed by atoms with van der Waals surface area (Å²) in [7, 11) is 3.99. The molecule has 1 aromatic carbocycles. The van der Waals surface area contributed by atoms with E-state index in [1.807, 2.05) is 43.3 Å². The summed E-state index contributed by atoms with van der Waals surface area (Å²) < 4.78 is 0. The number of likely N-dealkylation sites (tertiary alicyclic amines) is 1. The lowest BCUT2D eigenvalue weighted by molar-refractivity contribution is 0.0951. The van der Waals surface area contributed by atoms with Crippen molar-refractivity contribution in [2.75, 3.05) is 46.8 Å². The predicted molar refractivity (Wildman–Crippen MR) is 140 cm³/mol. The number of hydrogen-bond acceptors (Lipinski definition) is 4. The van der Waals surface area contributed by atoms with E-state index in [0.717, 1.165) is 50.5 Å². The van der Waals surface area contributed by atoms with Crippen molar-refractivity contribution in [3.63, 3.8) is 0 Å². The quantitative estimate of drug-likeness (QED) is 0.253. The van der Waals surface area contributed by atoms with Crippen LogP contribution in [0.4, 0.5) is 0 Å². The average Bonchev–Trinajstić information content (AvgIpc) is 2.72. The van der Waals surface area contributed by atoms with Crippen LogP contribution >= 0.6 is 24.0 Å². The SMILES string of the molecule is CCNC(=NCc1cccc(C(=O)NCCN(C)C)c1)NC1CCN(C(C)C)CC1.I. The van der Waals surface area contributed by atoms with E-state index in [1.54, 1.807) is 0 Å². The Labute approximate surface area is 205 Å². The van der Waals surface area contributed by atoms with Gasteiger partial charge >= 0.3 is 0 Å². The number of likely N-dealkylation sites (N-methyl/N-ethyl adjacent to an activating group) is 1. The van der Waals surface area contributed by atoms with Gasteiger partial charge < -0.3 is 25.8 Å². The van der Waals surface area contributed by atoms with Gasteiger partial charge in [-0.15, -0.1) is 24.0 Å². The lowest BCUT2D eigenvalue weighted by Gasteiger charge is -2.35. The molecule has 0 aromatic heterocycles. The van der Waals surface area contributed by atoms with Crippen LogP contribution in [0.1, 0.15) is 49.5 Å². The van der Waals surface area contributed by atoms with Gasteiger partial charge in [0.25, 0.3) is 5.91 Å². The van der Waals surface area contributed by atoms with Crippen LogP contribution in [0.2, 0.25) is 0 Å². The summed E-state index contributed by atoms with van der Waals surface area (Å²) in [5, 5.41) is 9.91. The number of amides is 1. The minimum absolute atomic E-state index is 0. The number of aliphatic imine (C=N–C) groups is 1. The Hall–Kier alpha value is -1.39. The number of halogens is 1. The number of piperidine rings is 1. The first-order valence-electron chi connectivity index (χ1n) is 11.2. The molecule has 0 bridgehead atoms. The van der Waals surface area contributed by atoms with Gasteiger partial charge in [-0.3, -0.25) is 4.79 Å². The minimum Gasteiger partial charge on any atom is -0.357 e. The molecule has 0 saturated carbocycles. The van der Waals surface area contributed by atoms with Gasteiger partial charge in [-0.1, -0.05) is 12.1 Å². The van der Waals surface area contributed by atoms with E-state index in [1.165, 1.54) is 0 Å². The second-order valence-electron chi connectivity index (χ2n) is 8.50. The molecule has 3 N–H and O–H groups in total. The zero-order valence-electron chi connectivity index (χ0n) is 19.8. The van der Waals surface area contributed by atoms with Gasteiger partial charge in [0.2, 0.25) is 0 Å². The molecule has 0 aliphatic carbocycles. The zero-order valence-corrected chi connectivity index (χ0v) is 22.1. The third-order valence-electron chi connectivity index (χ3n) is 5.40. The number of guanidine groups is 1. The Balaban J connectivity index is 0.00000480. The van der Waals surface area contributed by atoms with Crippen LogP contribution in [-0.4, -0.2) is 80.6 Å². The molecule has 1 fully saturated rings. The van der Waals surface area contributed by atoms with Crippen molar-refractivity contribution in [1.82, 2.24) is 25.8 Å². The molecule has 7 nitrogen and oxygen atoms in total. The molecule has 0 radical (unpaired) electrons.